The second-order valence-electron chi connectivity index (χ2n) is 8.30. The average molecular weight is 421 g/mol. The molecule has 7 nitrogen and oxygen atoms in total. The van der Waals surface area contributed by atoms with Gasteiger partial charge in [-0.15, -0.1) is 0 Å². The van der Waals surface area contributed by atoms with E-state index in [1.807, 2.05) is 24.6 Å². The van der Waals surface area contributed by atoms with Crippen molar-refractivity contribution in [3.63, 3.8) is 0 Å². The number of piperidine rings is 1. The molecular formula is C21H32N4O3S. The summed E-state index contributed by atoms with van der Waals surface area (Å²) >= 11 is 0. The quantitative estimate of drug-likeness (QED) is 0.746. The molecule has 0 bridgehead atoms. The van der Waals surface area contributed by atoms with Gasteiger partial charge in [-0.25, -0.2) is 13.4 Å². The maximum atomic E-state index is 12.9. The van der Waals surface area contributed by atoms with Crippen LogP contribution in [0.3, 0.4) is 0 Å². The van der Waals surface area contributed by atoms with E-state index in [-0.39, 0.29) is 11.9 Å². The van der Waals surface area contributed by atoms with Crippen LogP contribution in [0, 0.1) is 5.92 Å². The fourth-order valence-electron chi connectivity index (χ4n) is 3.59. The van der Waals surface area contributed by atoms with Crippen LogP contribution < -0.4 is 5.32 Å². The first kappa shape index (κ1) is 21.8. The number of carbonyl (C=O) groups is 1. The average Bonchev–Trinajstić information content (AvgIpc) is 3.02. The molecule has 1 amide bonds. The Hall–Kier alpha value is -1.93. The third-order valence-corrected chi connectivity index (χ3v) is 7.76. The highest BCUT2D eigenvalue weighted by Crippen LogP contribution is 2.24. The highest BCUT2D eigenvalue weighted by molar-refractivity contribution is 7.89. The molecule has 0 spiro atoms. The third kappa shape index (κ3) is 4.80. The normalized spacial score (nSPS) is 17.0. The maximum Gasteiger partial charge on any atom is 0.243 e. The lowest BCUT2D eigenvalue weighted by molar-refractivity contribution is -0.121. The van der Waals surface area contributed by atoms with Gasteiger partial charge < -0.3 is 9.88 Å². The lowest BCUT2D eigenvalue weighted by Crippen LogP contribution is -2.36. The van der Waals surface area contributed by atoms with E-state index >= 15 is 0 Å². The second kappa shape index (κ2) is 8.83. The summed E-state index contributed by atoms with van der Waals surface area (Å²) in [6.45, 7) is 7.31. The number of fused-ring (bicyclic) bond motifs is 1. The van der Waals surface area contributed by atoms with Crippen molar-refractivity contribution < 1.29 is 13.2 Å². The van der Waals surface area contributed by atoms with Crippen molar-refractivity contribution in [3.05, 3.63) is 24.0 Å². The van der Waals surface area contributed by atoms with E-state index < -0.39 is 10.0 Å². The minimum Gasteiger partial charge on any atom is -0.353 e. The number of rotatable bonds is 7. The van der Waals surface area contributed by atoms with E-state index in [0.717, 1.165) is 30.6 Å². The zero-order valence-electron chi connectivity index (χ0n) is 17.8. The second-order valence-corrected chi connectivity index (χ2v) is 10.2. The molecule has 0 radical (unpaired) electrons. The van der Waals surface area contributed by atoms with Gasteiger partial charge in [-0.3, -0.25) is 4.79 Å². The zero-order chi connectivity index (χ0) is 21.2. The Morgan fingerprint density at radius 3 is 2.52 bits per heavy atom. The molecule has 3 rings (SSSR count). The largest absolute Gasteiger partial charge is 0.353 e. The van der Waals surface area contributed by atoms with Crippen molar-refractivity contribution in [1.82, 2.24) is 19.2 Å². The molecule has 2 aromatic rings. The number of hydrogen-bond acceptors (Lipinski definition) is 4. The number of benzene rings is 1. The fraction of sp³-hybridized carbons (Fsp3) is 0.619. The number of hydrogen-bond donors (Lipinski definition) is 1. The number of amides is 1. The van der Waals surface area contributed by atoms with Crippen LogP contribution in [0.15, 0.2) is 23.1 Å². The molecule has 1 atom stereocenters. The summed E-state index contributed by atoms with van der Waals surface area (Å²) < 4.78 is 29.4. The van der Waals surface area contributed by atoms with Gasteiger partial charge in [0.15, 0.2) is 0 Å². The van der Waals surface area contributed by atoms with E-state index in [0.29, 0.717) is 42.3 Å². The van der Waals surface area contributed by atoms with Crippen molar-refractivity contribution in [3.8, 4) is 0 Å². The van der Waals surface area contributed by atoms with E-state index in [9.17, 15) is 13.2 Å². The van der Waals surface area contributed by atoms with E-state index in [1.165, 1.54) is 0 Å². The van der Waals surface area contributed by atoms with Crippen LogP contribution in [0.4, 0.5) is 0 Å². The molecule has 0 saturated carbocycles. The van der Waals surface area contributed by atoms with Crippen molar-refractivity contribution >= 4 is 27.0 Å². The summed E-state index contributed by atoms with van der Waals surface area (Å²) in [7, 11) is -1.58. The van der Waals surface area contributed by atoms with Crippen LogP contribution in [-0.2, 0) is 28.3 Å². The SMILES string of the molecule is CC(C)[C@@H](C)NC(=O)CCc1nc2cc(S(=O)(=O)N3CCCCC3)ccc2n1C. The summed E-state index contributed by atoms with van der Waals surface area (Å²) in [5.74, 6) is 1.17. The standard InChI is InChI=1S/C21H32N4O3S/c1-15(2)16(3)22-21(26)11-10-20-23-18-14-17(8-9-19(18)24(20)4)29(27,28)25-12-6-5-7-13-25/h8-9,14-16H,5-7,10-13H2,1-4H3,(H,22,26)/t16-/m1/s1. The smallest absolute Gasteiger partial charge is 0.243 e. The molecule has 160 valence electrons. The summed E-state index contributed by atoms with van der Waals surface area (Å²) in [5.41, 5.74) is 1.52. The van der Waals surface area contributed by atoms with Crippen LogP contribution in [-0.4, -0.2) is 47.3 Å². The van der Waals surface area contributed by atoms with Crippen molar-refractivity contribution in [1.29, 1.82) is 0 Å². The van der Waals surface area contributed by atoms with Gasteiger partial charge in [0.25, 0.3) is 0 Å². The van der Waals surface area contributed by atoms with Crippen molar-refractivity contribution in [2.45, 2.75) is 63.8 Å². The number of aryl methyl sites for hydroxylation is 2. The first-order valence-corrected chi connectivity index (χ1v) is 11.9. The molecule has 29 heavy (non-hydrogen) atoms. The maximum absolute atomic E-state index is 12.9. The first-order valence-electron chi connectivity index (χ1n) is 10.4. The topological polar surface area (TPSA) is 84.3 Å². The predicted molar refractivity (Wildman–Crippen MR) is 114 cm³/mol. The number of carbonyl (C=O) groups excluding carboxylic acids is 1. The summed E-state index contributed by atoms with van der Waals surface area (Å²) in [4.78, 5) is 17.1. The van der Waals surface area contributed by atoms with Gasteiger partial charge in [-0.2, -0.15) is 4.31 Å². The summed E-state index contributed by atoms with van der Waals surface area (Å²) in [6, 6.07) is 5.26. The number of nitrogens with zero attached hydrogens (tertiary/aromatic N) is 3. The van der Waals surface area contributed by atoms with E-state index in [2.05, 4.69) is 24.1 Å². The highest BCUT2D eigenvalue weighted by Gasteiger charge is 2.26. The van der Waals surface area contributed by atoms with Crippen LogP contribution in [0.2, 0.25) is 0 Å². The Labute approximate surface area is 173 Å². The monoisotopic (exact) mass is 420 g/mol. The fourth-order valence-corrected chi connectivity index (χ4v) is 5.12. The molecule has 1 aromatic heterocycles. The molecule has 1 aliphatic rings. The minimum atomic E-state index is -3.48. The van der Waals surface area contributed by atoms with Gasteiger partial charge in [0.2, 0.25) is 15.9 Å². The Balaban J connectivity index is 1.76. The van der Waals surface area contributed by atoms with Gasteiger partial charge in [-0.05, 0) is 43.9 Å². The molecule has 1 saturated heterocycles. The molecule has 1 aromatic carbocycles. The lowest BCUT2D eigenvalue weighted by Gasteiger charge is -2.25. The number of sulfonamides is 1. The predicted octanol–water partition coefficient (Wildman–Crippen LogP) is 2.84. The van der Waals surface area contributed by atoms with Gasteiger partial charge in [0, 0.05) is 39.0 Å². The molecule has 1 aliphatic heterocycles. The van der Waals surface area contributed by atoms with Crippen LogP contribution in [0.25, 0.3) is 11.0 Å². The van der Waals surface area contributed by atoms with Crippen LogP contribution >= 0.6 is 0 Å². The molecule has 1 fully saturated rings. The summed E-state index contributed by atoms with van der Waals surface area (Å²) in [5, 5.41) is 3.01. The number of nitrogens with one attached hydrogen (secondary N) is 1. The van der Waals surface area contributed by atoms with E-state index in [4.69, 9.17) is 0 Å². The third-order valence-electron chi connectivity index (χ3n) is 5.86. The van der Waals surface area contributed by atoms with Gasteiger partial charge >= 0.3 is 0 Å². The van der Waals surface area contributed by atoms with Gasteiger partial charge in [-0.1, -0.05) is 20.3 Å². The molecule has 0 unspecified atom stereocenters. The molecule has 2 heterocycles. The molecule has 8 heteroatoms. The highest BCUT2D eigenvalue weighted by atomic mass is 32.2. The molecule has 0 aliphatic carbocycles. The lowest BCUT2D eigenvalue weighted by atomic mass is 10.1. The zero-order valence-corrected chi connectivity index (χ0v) is 18.6. The minimum absolute atomic E-state index is 0.00613. The molecular weight excluding hydrogens is 388 g/mol. The Morgan fingerprint density at radius 2 is 1.86 bits per heavy atom. The summed E-state index contributed by atoms with van der Waals surface area (Å²) in [6.07, 6.45) is 3.76. The Kier molecular flexibility index (Phi) is 6.63. The van der Waals surface area contributed by atoms with Gasteiger partial charge in [0.1, 0.15) is 5.82 Å². The Bertz CT molecular complexity index is 975. The van der Waals surface area contributed by atoms with Crippen molar-refractivity contribution in [2.75, 3.05) is 13.1 Å². The number of aromatic nitrogens is 2. The first-order chi connectivity index (χ1) is 13.7. The Morgan fingerprint density at radius 1 is 1.17 bits per heavy atom. The van der Waals surface area contributed by atoms with Crippen LogP contribution in [0.1, 0.15) is 52.3 Å². The van der Waals surface area contributed by atoms with E-state index in [1.54, 1.807) is 16.4 Å². The molecule has 1 N–H and O–H groups in total. The van der Waals surface area contributed by atoms with Crippen LogP contribution in [0.5, 0.6) is 0 Å². The van der Waals surface area contributed by atoms with Gasteiger partial charge in [0.05, 0.1) is 15.9 Å². The van der Waals surface area contributed by atoms with Crippen molar-refractivity contribution in [2.24, 2.45) is 13.0 Å². The number of imidazole rings is 1.